The van der Waals surface area contributed by atoms with Gasteiger partial charge in [0.2, 0.25) is 0 Å². The lowest BCUT2D eigenvalue weighted by Crippen LogP contribution is -2.24. The Labute approximate surface area is 150 Å². The predicted octanol–water partition coefficient (Wildman–Crippen LogP) is 3.25. The van der Waals surface area contributed by atoms with Crippen molar-refractivity contribution in [2.24, 2.45) is 0 Å². The third-order valence-electron chi connectivity index (χ3n) is 3.98. The molecule has 5 nitrogen and oxygen atoms in total. The molecule has 0 fully saturated rings. The van der Waals surface area contributed by atoms with Gasteiger partial charge in [0.1, 0.15) is 0 Å². The SMILES string of the molecule is CCCNC(=O)c1ccc(Cn2c(=S)[nH]c3ccccc3c2=O)cc1. The molecule has 3 aromatic rings. The number of aromatic amines is 1. The highest BCUT2D eigenvalue weighted by atomic mass is 32.1. The molecule has 0 saturated carbocycles. The number of carbonyl (C=O) groups excluding carboxylic acids is 1. The Bertz CT molecular complexity index is 1020. The smallest absolute Gasteiger partial charge is 0.262 e. The van der Waals surface area contributed by atoms with Gasteiger partial charge in [0, 0.05) is 12.1 Å². The summed E-state index contributed by atoms with van der Waals surface area (Å²) in [5.41, 5.74) is 2.12. The van der Waals surface area contributed by atoms with Crippen molar-refractivity contribution in [3.63, 3.8) is 0 Å². The van der Waals surface area contributed by atoms with E-state index < -0.39 is 0 Å². The highest BCUT2D eigenvalue weighted by Crippen LogP contribution is 2.09. The maximum Gasteiger partial charge on any atom is 0.262 e. The van der Waals surface area contributed by atoms with Crippen LogP contribution in [-0.2, 0) is 6.54 Å². The first kappa shape index (κ1) is 17.1. The zero-order valence-electron chi connectivity index (χ0n) is 13.9. The molecule has 0 aliphatic carbocycles. The Kier molecular flexibility index (Phi) is 5.09. The average molecular weight is 353 g/mol. The molecule has 0 aliphatic rings. The van der Waals surface area contributed by atoms with Crippen LogP contribution in [0, 0.1) is 4.77 Å². The minimum absolute atomic E-state index is 0.0893. The third kappa shape index (κ3) is 3.69. The van der Waals surface area contributed by atoms with E-state index in [2.05, 4.69) is 10.3 Å². The van der Waals surface area contributed by atoms with Crippen LogP contribution in [0.4, 0.5) is 0 Å². The summed E-state index contributed by atoms with van der Waals surface area (Å²) < 4.78 is 1.91. The number of carbonyl (C=O) groups is 1. The van der Waals surface area contributed by atoms with E-state index in [1.807, 2.05) is 37.3 Å². The molecule has 6 heteroatoms. The predicted molar refractivity (Wildman–Crippen MR) is 102 cm³/mol. The maximum absolute atomic E-state index is 12.7. The fourth-order valence-corrected chi connectivity index (χ4v) is 2.88. The summed E-state index contributed by atoms with van der Waals surface area (Å²) in [7, 11) is 0. The number of hydrogen-bond donors (Lipinski definition) is 2. The molecule has 0 atom stereocenters. The minimum Gasteiger partial charge on any atom is -0.352 e. The summed E-state index contributed by atoms with van der Waals surface area (Å²) in [5, 5.41) is 3.44. The van der Waals surface area contributed by atoms with Crippen LogP contribution in [0.5, 0.6) is 0 Å². The van der Waals surface area contributed by atoms with Gasteiger partial charge < -0.3 is 10.3 Å². The summed E-state index contributed by atoms with van der Waals surface area (Å²) >= 11 is 5.32. The summed E-state index contributed by atoms with van der Waals surface area (Å²) in [4.78, 5) is 27.7. The van der Waals surface area contributed by atoms with E-state index in [1.54, 1.807) is 18.2 Å². The van der Waals surface area contributed by atoms with Crippen molar-refractivity contribution in [2.75, 3.05) is 6.54 Å². The summed E-state index contributed by atoms with van der Waals surface area (Å²) in [6, 6.07) is 14.5. The van der Waals surface area contributed by atoms with Gasteiger partial charge in [0.25, 0.3) is 11.5 Å². The monoisotopic (exact) mass is 353 g/mol. The number of para-hydroxylation sites is 1. The van der Waals surface area contributed by atoms with Crippen molar-refractivity contribution in [3.05, 3.63) is 74.8 Å². The maximum atomic E-state index is 12.7. The number of nitrogens with zero attached hydrogens (tertiary/aromatic N) is 1. The summed E-state index contributed by atoms with van der Waals surface area (Å²) in [5.74, 6) is -0.0893. The number of benzene rings is 2. The molecule has 0 bridgehead atoms. The van der Waals surface area contributed by atoms with Crippen molar-refractivity contribution < 1.29 is 4.79 Å². The highest BCUT2D eigenvalue weighted by Gasteiger charge is 2.07. The second-order valence-corrected chi connectivity index (χ2v) is 6.21. The van der Waals surface area contributed by atoms with E-state index in [0.29, 0.717) is 28.8 Å². The number of amides is 1. The summed E-state index contributed by atoms with van der Waals surface area (Å²) in [6.07, 6.45) is 0.896. The lowest BCUT2D eigenvalue weighted by molar-refractivity contribution is 0.0953. The molecule has 0 saturated heterocycles. The van der Waals surface area contributed by atoms with E-state index in [-0.39, 0.29) is 11.5 Å². The molecule has 1 aromatic heterocycles. The number of H-pyrrole nitrogens is 1. The van der Waals surface area contributed by atoms with Crippen LogP contribution in [-0.4, -0.2) is 22.0 Å². The Morgan fingerprint density at radius 2 is 1.88 bits per heavy atom. The minimum atomic E-state index is -0.121. The first-order chi connectivity index (χ1) is 12.1. The molecule has 2 N–H and O–H groups in total. The average Bonchev–Trinajstić information content (AvgIpc) is 2.63. The lowest BCUT2D eigenvalue weighted by Gasteiger charge is -2.09. The quantitative estimate of drug-likeness (QED) is 0.692. The van der Waals surface area contributed by atoms with Crippen molar-refractivity contribution in [1.82, 2.24) is 14.9 Å². The van der Waals surface area contributed by atoms with Gasteiger partial charge in [-0.2, -0.15) is 0 Å². The summed E-state index contributed by atoms with van der Waals surface area (Å²) in [6.45, 7) is 3.02. The van der Waals surface area contributed by atoms with Crippen LogP contribution in [0.1, 0.15) is 29.3 Å². The molecule has 1 amide bonds. The zero-order valence-corrected chi connectivity index (χ0v) is 14.7. The van der Waals surface area contributed by atoms with E-state index in [4.69, 9.17) is 12.2 Å². The Balaban J connectivity index is 1.88. The van der Waals surface area contributed by atoms with Gasteiger partial charge in [0.05, 0.1) is 17.4 Å². The van der Waals surface area contributed by atoms with Gasteiger partial charge in [-0.15, -0.1) is 0 Å². The van der Waals surface area contributed by atoms with Crippen LogP contribution < -0.4 is 10.9 Å². The van der Waals surface area contributed by atoms with E-state index in [0.717, 1.165) is 17.5 Å². The van der Waals surface area contributed by atoms with Gasteiger partial charge >= 0.3 is 0 Å². The molecule has 0 unspecified atom stereocenters. The zero-order chi connectivity index (χ0) is 17.8. The number of rotatable bonds is 5. The Morgan fingerprint density at radius 3 is 2.60 bits per heavy atom. The molecule has 0 spiro atoms. The molecule has 2 aromatic carbocycles. The van der Waals surface area contributed by atoms with Crippen LogP contribution in [0.3, 0.4) is 0 Å². The van der Waals surface area contributed by atoms with E-state index >= 15 is 0 Å². The lowest BCUT2D eigenvalue weighted by atomic mass is 10.1. The second kappa shape index (κ2) is 7.44. The van der Waals surface area contributed by atoms with Crippen LogP contribution in [0.2, 0.25) is 0 Å². The Morgan fingerprint density at radius 1 is 1.16 bits per heavy atom. The van der Waals surface area contributed by atoms with Gasteiger partial charge in [-0.1, -0.05) is 31.2 Å². The van der Waals surface area contributed by atoms with Crippen molar-refractivity contribution in [2.45, 2.75) is 19.9 Å². The fourth-order valence-electron chi connectivity index (χ4n) is 2.63. The number of fused-ring (bicyclic) bond motifs is 1. The third-order valence-corrected chi connectivity index (χ3v) is 4.30. The van der Waals surface area contributed by atoms with Crippen LogP contribution in [0.25, 0.3) is 10.9 Å². The molecule has 128 valence electrons. The second-order valence-electron chi connectivity index (χ2n) is 5.82. The fraction of sp³-hybridized carbons (Fsp3) is 0.211. The Hall–Kier alpha value is -2.73. The molecule has 25 heavy (non-hydrogen) atoms. The van der Waals surface area contributed by atoms with Gasteiger partial charge in [0.15, 0.2) is 4.77 Å². The van der Waals surface area contributed by atoms with Crippen LogP contribution >= 0.6 is 12.2 Å². The molecule has 3 rings (SSSR count). The largest absolute Gasteiger partial charge is 0.352 e. The van der Waals surface area contributed by atoms with Gasteiger partial charge in [-0.05, 0) is 48.5 Å². The first-order valence-corrected chi connectivity index (χ1v) is 8.60. The van der Waals surface area contributed by atoms with Crippen molar-refractivity contribution >= 4 is 29.0 Å². The molecule has 1 heterocycles. The molecular formula is C19H19N3O2S. The van der Waals surface area contributed by atoms with E-state index in [1.165, 1.54) is 4.57 Å². The standard InChI is InChI=1S/C19H19N3O2S/c1-2-11-20-17(23)14-9-7-13(8-10-14)12-22-18(24)15-5-3-4-6-16(15)21-19(22)25/h3-10H,2,11-12H2,1H3,(H,20,23)(H,21,25). The molecular weight excluding hydrogens is 334 g/mol. The normalized spacial score (nSPS) is 10.8. The topological polar surface area (TPSA) is 66.9 Å². The van der Waals surface area contributed by atoms with Crippen molar-refractivity contribution in [3.8, 4) is 0 Å². The number of nitrogens with one attached hydrogen (secondary N) is 2. The van der Waals surface area contributed by atoms with Crippen LogP contribution in [0.15, 0.2) is 53.3 Å². The highest BCUT2D eigenvalue weighted by molar-refractivity contribution is 7.71. The first-order valence-electron chi connectivity index (χ1n) is 8.19. The number of aromatic nitrogens is 2. The van der Waals surface area contributed by atoms with Crippen molar-refractivity contribution in [1.29, 1.82) is 0 Å². The molecule has 0 radical (unpaired) electrons. The van der Waals surface area contributed by atoms with E-state index in [9.17, 15) is 9.59 Å². The van der Waals surface area contributed by atoms with Gasteiger partial charge in [-0.25, -0.2) is 0 Å². The van der Waals surface area contributed by atoms with Gasteiger partial charge in [-0.3, -0.25) is 14.2 Å². The number of hydrogen-bond acceptors (Lipinski definition) is 3. The molecule has 0 aliphatic heterocycles.